The van der Waals surface area contributed by atoms with E-state index in [9.17, 15) is 13.2 Å². The van der Waals surface area contributed by atoms with E-state index in [1.165, 1.54) is 20.1 Å². The molecule has 24 heavy (non-hydrogen) atoms. The molecule has 0 unspecified atom stereocenters. The van der Waals surface area contributed by atoms with Gasteiger partial charge in [-0.2, -0.15) is 0 Å². The molecule has 0 spiro atoms. The topological polar surface area (TPSA) is 84.9 Å². The molecule has 1 atom stereocenters. The van der Waals surface area contributed by atoms with Crippen molar-refractivity contribution in [3.05, 3.63) is 23.2 Å². The highest BCUT2D eigenvalue weighted by Gasteiger charge is 2.29. The molecule has 0 saturated heterocycles. The lowest BCUT2D eigenvalue weighted by Gasteiger charge is -2.28. The van der Waals surface area contributed by atoms with E-state index in [1.54, 1.807) is 19.2 Å². The second-order valence-corrected chi connectivity index (χ2v) is 7.46. The largest absolute Gasteiger partial charge is 0.495 e. The van der Waals surface area contributed by atoms with Gasteiger partial charge in [0, 0.05) is 20.3 Å². The third-order valence-electron chi connectivity index (χ3n) is 3.30. The molecule has 0 bridgehead atoms. The zero-order valence-corrected chi connectivity index (χ0v) is 15.8. The average molecular weight is 379 g/mol. The number of hydrogen-bond acceptors (Lipinski definition) is 5. The number of benzene rings is 1. The maximum absolute atomic E-state index is 12.3. The molecule has 0 saturated carbocycles. The lowest BCUT2D eigenvalue weighted by Crippen LogP contribution is -2.48. The number of rotatable bonds is 9. The fourth-order valence-electron chi connectivity index (χ4n) is 2.18. The second kappa shape index (κ2) is 9.10. The molecule has 9 heteroatoms. The van der Waals surface area contributed by atoms with E-state index < -0.39 is 22.0 Å². The second-order valence-electron chi connectivity index (χ2n) is 5.19. The molecule has 0 heterocycles. The molecule has 0 fully saturated rings. The van der Waals surface area contributed by atoms with E-state index >= 15 is 0 Å². The number of nitrogens with one attached hydrogen (secondary N) is 1. The van der Waals surface area contributed by atoms with Gasteiger partial charge in [0.15, 0.2) is 0 Å². The molecule has 1 N–H and O–H groups in total. The molecule has 0 aliphatic rings. The molecule has 1 aromatic rings. The molecular formula is C15H23ClN2O5S. The number of nitrogens with zero attached hydrogens (tertiary/aromatic N) is 1. The molecule has 1 rings (SSSR count). The maximum atomic E-state index is 12.3. The fraction of sp³-hybridized carbons (Fsp3) is 0.533. The zero-order chi connectivity index (χ0) is 18.3. The van der Waals surface area contributed by atoms with Crippen LogP contribution in [0.4, 0.5) is 5.69 Å². The molecule has 1 amide bonds. The number of anilines is 1. The Hall–Kier alpha value is -1.51. The first-order chi connectivity index (χ1) is 11.2. The Kier molecular flexibility index (Phi) is 7.78. The highest BCUT2D eigenvalue weighted by atomic mass is 35.5. The minimum absolute atomic E-state index is 0.261. The van der Waals surface area contributed by atoms with E-state index in [4.69, 9.17) is 21.1 Å². The number of halogens is 1. The lowest BCUT2D eigenvalue weighted by molar-refractivity contribution is -0.121. The van der Waals surface area contributed by atoms with Gasteiger partial charge in [0.25, 0.3) is 0 Å². The highest BCUT2D eigenvalue weighted by Crippen LogP contribution is 2.31. The minimum Gasteiger partial charge on any atom is -0.495 e. The first-order valence-electron chi connectivity index (χ1n) is 7.32. The average Bonchev–Trinajstić information content (AvgIpc) is 2.50. The summed E-state index contributed by atoms with van der Waals surface area (Å²) >= 11 is 6.07. The standard InChI is InChI=1S/C15H23ClN2O5S/c1-11(15(19)17-8-5-9-22-2)18(24(4,20)21)12-6-7-14(23-3)13(16)10-12/h6-7,10-11H,5,8-9H2,1-4H3,(H,17,19)/t11-/m1/s1. The van der Waals surface area contributed by atoms with Crippen molar-refractivity contribution in [1.29, 1.82) is 0 Å². The quantitative estimate of drug-likeness (QED) is 0.660. The number of carbonyl (C=O) groups excluding carboxylic acids is 1. The van der Waals surface area contributed by atoms with Gasteiger partial charge in [-0.25, -0.2) is 8.42 Å². The summed E-state index contributed by atoms with van der Waals surface area (Å²) in [6.45, 7) is 2.43. The van der Waals surface area contributed by atoms with Crippen LogP contribution < -0.4 is 14.4 Å². The van der Waals surface area contributed by atoms with Crippen LogP contribution in [0.1, 0.15) is 13.3 Å². The van der Waals surface area contributed by atoms with Crippen LogP contribution in [0.25, 0.3) is 0 Å². The Morgan fingerprint density at radius 3 is 2.54 bits per heavy atom. The molecule has 136 valence electrons. The van der Waals surface area contributed by atoms with Crippen LogP contribution in [0.5, 0.6) is 5.75 Å². The lowest BCUT2D eigenvalue weighted by atomic mass is 10.2. The van der Waals surface area contributed by atoms with Gasteiger partial charge in [0.2, 0.25) is 15.9 Å². The Labute approximate surface area is 147 Å². The zero-order valence-electron chi connectivity index (χ0n) is 14.2. The number of amides is 1. The van der Waals surface area contributed by atoms with Gasteiger partial charge < -0.3 is 14.8 Å². The van der Waals surface area contributed by atoms with Crippen LogP contribution in [-0.4, -0.2) is 54.0 Å². The first kappa shape index (κ1) is 20.5. The summed E-state index contributed by atoms with van der Waals surface area (Å²) in [5.74, 6) is 0.0222. The van der Waals surface area contributed by atoms with Crippen molar-refractivity contribution in [1.82, 2.24) is 5.32 Å². The first-order valence-corrected chi connectivity index (χ1v) is 9.54. The van der Waals surface area contributed by atoms with Crippen molar-refractivity contribution >= 4 is 33.2 Å². The SMILES string of the molecule is COCCCNC(=O)[C@@H](C)N(c1ccc(OC)c(Cl)c1)S(C)(=O)=O. The van der Waals surface area contributed by atoms with Gasteiger partial charge in [-0.05, 0) is 31.5 Å². The smallest absolute Gasteiger partial charge is 0.243 e. The molecule has 1 aromatic carbocycles. The van der Waals surface area contributed by atoms with Crippen molar-refractivity contribution in [2.75, 3.05) is 37.9 Å². The van der Waals surface area contributed by atoms with Gasteiger partial charge in [0.1, 0.15) is 11.8 Å². The van der Waals surface area contributed by atoms with Crippen LogP contribution in [-0.2, 0) is 19.6 Å². The predicted octanol–water partition coefficient (Wildman–Crippen LogP) is 1.66. The van der Waals surface area contributed by atoms with Crippen LogP contribution in [0.15, 0.2) is 18.2 Å². The normalized spacial score (nSPS) is 12.5. The molecule has 7 nitrogen and oxygen atoms in total. The van der Waals surface area contributed by atoms with E-state index in [2.05, 4.69) is 5.32 Å². The maximum Gasteiger partial charge on any atom is 0.243 e. The molecule has 0 aromatic heterocycles. The van der Waals surface area contributed by atoms with Crippen LogP contribution in [0.3, 0.4) is 0 Å². The summed E-state index contributed by atoms with van der Waals surface area (Å²) < 4.78 is 35.3. The molecule has 0 aliphatic carbocycles. The predicted molar refractivity (Wildman–Crippen MR) is 94.3 cm³/mol. The third kappa shape index (κ3) is 5.54. The summed E-state index contributed by atoms with van der Waals surface area (Å²) in [4.78, 5) is 12.3. The van der Waals surface area contributed by atoms with E-state index in [1.807, 2.05) is 0 Å². The molecule has 0 aliphatic heterocycles. The Bertz CT molecular complexity index is 666. The van der Waals surface area contributed by atoms with Gasteiger partial charge in [0.05, 0.1) is 24.1 Å². The molecule has 0 radical (unpaired) electrons. The monoisotopic (exact) mass is 378 g/mol. The van der Waals surface area contributed by atoms with E-state index in [-0.39, 0.29) is 5.02 Å². The third-order valence-corrected chi connectivity index (χ3v) is 4.84. The number of methoxy groups -OCH3 is 2. The van der Waals surface area contributed by atoms with E-state index in [0.717, 1.165) is 10.6 Å². The summed E-state index contributed by atoms with van der Waals surface area (Å²) in [5.41, 5.74) is 0.294. The summed E-state index contributed by atoms with van der Waals surface area (Å²) in [6.07, 6.45) is 1.68. The number of carbonyl (C=O) groups is 1. The van der Waals surface area contributed by atoms with Gasteiger partial charge in [-0.1, -0.05) is 11.6 Å². The fourth-order valence-corrected chi connectivity index (χ4v) is 3.60. The Morgan fingerprint density at radius 2 is 2.04 bits per heavy atom. The van der Waals surface area contributed by atoms with Gasteiger partial charge in [-0.3, -0.25) is 9.10 Å². The highest BCUT2D eigenvalue weighted by molar-refractivity contribution is 7.92. The van der Waals surface area contributed by atoms with Crippen molar-refractivity contribution < 1.29 is 22.7 Å². The number of hydrogen-bond donors (Lipinski definition) is 1. The number of ether oxygens (including phenoxy) is 2. The summed E-state index contributed by atoms with van der Waals surface area (Å²) in [7, 11) is -0.649. The van der Waals surface area contributed by atoms with Gasteiger partial charge >= 0.3 is 0 Å². The Morgan fingerprint density at radius 1 is 1.38 bits per heavy atom. The van der Waals surface area contributed by atoms with Crippen molar-refractivity contribution in [2.45, 2.75) is 19.4 Å². The molecular weight excluding hydrogens is 356 g/mol. The van der Waals surface area contributed by atoms with Gasteiger partial charge in [-0.15, -0.1) is 0 Å². The summed E-state index contributed by atoms with van der Waals surface area (Å²) in [5, 5.41) is 2.95. The van der Waals surface area contributed by atoms with Crippen LogP contribution >= 0.6 is 11.6 Å². The van der Waals surface area contributed by atoms with Crippen LogP contribution in [0.2, 0.25) is 5.02 Å². The Balaban J connectivity index is 3.01. The minimum atomic E-state index is -3.69. The van der Waals surface area contributed by atoms with E-state index in [0.29, 0.717) is 31.0 Å². The van der Waals surface area contributed by atoms with Crippen molar-refractivity contribution in [2.24, 2.45) is 0 Å². The van der Waals surface area contributed by atoms with Crippen molar-refractivity contribution in [3.63, 3.8) is 0 Å². The number of sulfonamides is 1. The van der Waals surface area contributed by atoms with Crippen molar-refractivity contribution in [3.8, 4) is 5.75 Å². The summed E-state index contributed by atoms with van der Waals surface area (Å²) in [6, 6.07) is 3.63. The van der Waals surface area contributed by atoms with Crippen LogP contribution in [0, 0.1) is 0 Å².